The van der Waals surface area contributed by atoms with E-state index in [2.05, 4.69) is 18.7 Å². The van der Waals surface area contributed by atoms with E-state index in [1.807, 2.05) is 13.1 Å². The van der Waals surface area contributed by atoms with Crippen LogP contribution in [-0.2, 0) is 4.74 Å². The molecule has 0 spiro atoms. The van der Waals surface area contributed by atoms with Crippen molar-refractivity contribution in [3.8, 4) is 0 Å². The highest BCUT2D eigenvalue weighted by molar-refractivity contribution is 5.96. The lowest BCUT2D eigenvalue weighted by Crippen LogP contribution is -2.23. The number of ether oxygens (including phenoxy) is 1. The number of esters is 1. The molecule has 4 heteroatoms. The molecular weight excluding hydrogens is 216 g/mol. The molecule has 0 saturated carbocycles. The largest absolute Gasteiger partial charge is 0.465 e. The molecule has 0 aromatic heterocycles. The van der Waals surface area contributed by atoms with Crippen LogP contribution in [0.15, 0.2) is 18.2 Å². The van der Waals surface area contributed by atoms with Crippen molar-refractivity contribution >= 4 is 17.3 Å². The zero-order valence-corrected chi connectivity index (χ0v) is 10.9. The van der Waals surface area contributed by atoms with E-state index >= 15 is 0 Å². The standard InChI is InChI=1S/C13H20N2O2/c1-9(2)8-15(3)10-5-6-12(14)11(7-10)13(16)17-4/h5-7,9H,8,14H2,1-4H3. The lowest BCUT2D eigenvalue weighted by atomic mass is 10.1. The molecule has 0 heterocycles. The lowest BCUT2D eigenvalue weighted by Gasteiger charge is -2.22. The molecular formula is C13H20N2O2. The van der Waals surface area contributed by atoms with Crippen molar-refractivity contribution in [2.75, 3.05) is 31.3 Å². The van der Waals surface area contributed by atoms with Gasteiger partial charge < -0.3 is 15.4 Å². The van der Waals surface area contributed by atoms with Crippen molar-refractivity contribution in [3.05, 3.63) is 23.8 Å². The molecule has 17 heavy (non-hydrogen) atoms. The molecule has 0 radical (unpaired) electrons. The first-order chi connectivity index (χ1) is 7.95. The van der Waals surface area contributed by atoms with Crippen LogP contribution in [0, 0.1) is 5.92 Å². The van der Waals surface area contributed by atoms with E-state index in [1.165, 1.54) is 7.11 Å². The number of methoxy groups -OCH3 is 1. The van der Waals surface area contributed by atoms with E-state index in [0.717, 1.165) is 12.2 Å². The monoisotopic (exact) mass is 236 g/mol. The molecule has 0 atom stereocenters. The van der Waals surface area contributed by atoms with Gasteiger partial charge in [-0.1, -0.05) is 13.8 Å². The van der Waals surface area contributed by atoms with Crippen molar-refractivity contribution in [2.24, 2.45) is 5.92 Å². The Bertz CT molecular complexity index is 402. The van der Waals surface area contributed by atoms with Crippen molar-refractivity contribution < 1.29 is 9.53 Å². The maximum atomic E-state index is 11.5. The smallest absolute Gasteiger partial charge is 0.340 e. The fraction of sp³-hybridized carbons (Fsp3) is 0.462. The van der Waals surface area contributed by atoms with Crippen LogP contribution >= 0.6 is 0 Å². The summed E-state index contributed by atoms with van der Waals surface area (Å²) < 4.78 is 4.70. The fourth-order valence-electron chi connectivity index (χ4n) is 1.72. The van der Waals surface area contributed by atoms with Crippen LogP contribution in [0.3, 0.4) is 0 Å². The number of nitrogens with zero attached hydrogens (tertiary/aromatic N) is 1. The molecule has 0 saturated heterocycles. The molecule has 0 amide bonds. The van der Waals surface area contributed by atoms with Gasteiger partial charge in [-0.25, -0.2) is 4.79 Å². The van der Waals surface area contributed by atoms with Crippen LogP contribution in [0.1, 0.15) is 24.2 Å². The molecule has 0 unspecified atom stereocenters. The van der Waals surface area contributed by atoms with Crippen LogP contribution in [0.4, 0.5) is 11.4 Å². The van der Waals surface area contributed by atoms with E-state index in [1.54, 1.807) is 12.1 Å². The van der Waals surface area contributed by atoms with Crippen LogP contribution in [0.2, 0.25) is 0 Å². The minimum absolute atomic E-state index is 0.401. The van der Waals surface area contributed by atoms with Gasteiger partial charge in [-0.05, 0) is 24.1 Å². The molecule has 1 aromatic carbocycles. The van der Waals surface area contributed by atoms with E-state index in [4.69, 9.17) is 10.5 Å². The molecule has 2 N–H and O–H groups in total. The summed E-state index contributed by atoms with van der Waals surface area (Å²) >= 11 is 0. The van der Waals surface area contributed by atoms with Gasteiger partial charge in [0.1, 0.15) is 0 Å². The maximum Gasteiger partial charge on any atom is 0.340 e. The van der Waals surface area contributed by atoms with Crippen LogP contribution in [-0.4, -0.2) is 26.7 Å². The average molecular weight is 236 g/mol. The summed E-state index contributed by atoms with van der Waals surface area (Å²) in [6, 6.07) is 5.41. The van der Waals surface area contributed by atoms with Crippen molar-refractivity contribution in [2.45, 2.75) is 13.8 Å². The number of hydrogen-bond acceptors (Lipinski definition) is 4. The summed E-state index contributed by atoms with van der Waals surface area (Å²) in [4.78, 5) is 13.6. The van der Waals surface area contributed by atoms with Gasteiger partial charge in [-0.2, -0.15) is 0 Å². The summed E-state index contributed by atoms with van der Waals surface area (Å²) in [5, 5.41) is 0. The normalized spacial score (nSPS) is 10.4. The number of carbonyl (C=O) groups excluding carboxylic acids is 1. The first-order valence-electron chi connectivity index (χ1n) is 5.64. The number of hydrogen-bond donors (Lipinski definition) is 1. The predicted octanol–water partition coefficient (Wildman–Crippen LogP) is 2.15. The highest BCUT2D eigenvalue weighted by Gasteiger charge is 2.12. The van der Waals surface area contributed by atoms with Crippen molar-refractivity contribution in [3.63, 3.8) is 0 Å². The molecule has 1 aromatic rings. The van der Waals surface area contributed by atoms with Gasteiger partial charge >= 0.3 is 5.97 Å². The minimum atomic E-state index is -0.401. The number of rotatable bonds is 4. The summed E-state index contributed by atoms with van der Waals surface area (Å²) in [5.41, 5.74) is 7.57. The Morgan fingerprint density at radius 3 is 2.65 bits per heavy atom. The first-order valence-corrected chi connectivity index (χ1v) is 5.64. The molecule has 94 valence electrons. The van der Waals surface area contributed by atoms with Crippen LogP contribution in [0.25, 0.3) is 0 Å². The van der Waals surface area contributed by atoms with Crippen molar-refractivity contribution in [1.29, 1.82) is 0 Å². The molecule has 1 rings (SSSR count). The Labute approximate surface area is 102 Å². The number of anilines is 2. The third kappa shape index (κ3) is 3.37. The summed E-state index contributed by atoms with van der Waals surface area (Å²) in [6.07, 6.45) is 0. The molecule has 0 bridgehead atoms. The Balaban J connectivity index is 2.99. The fourth-order valence-corrected chi connectivity index (χ4v) is 1.72. The number of benzene rings is 1. The quantitative estimate of drug-likeness (QED) is 0.643. The number of carbonyl (C=O) groups is 1. The molecule has 0 aliphatic rings. The van der Waals surface area contributed by atoms with Crippen LogP contribution in [0.5, 0.6) is 0 Å². The molecule has 4 nitrogen and oxygen atoms in total. The third-order valence-corrected chi connectivity index (χ3v) is 2.52. The number of nitrogens with two attached hydrogens (primary N) is 1. The van der Waals surface area contributed by atoms with E-state index in [0.29, 0.717) is 17.2 Å². The zero-order chi connectivity index (χ0) is 13.0. The predicted molar refractivity (Wildman–Crippen MR) is 70.3 cm³/mol. The summed E-state index contributed by atoms with van der Waals surface area (Å²) in [5.74, 6) is 0.154. The molecule has 0 aliphatic carbocycles. The highest BCUT2D eigenvalue weighted by Crippen LogP contribution is 2.21. The van der Waals surface area contributed by atoms with E-state index in [9.17, 15) is 4.79 Å². The maximum absolute atomic E-state index is 11.5. The van der Waals surface area contributed by atoms with Gasteiger partial charge in [-0.15, -0.1) is 0 Å². The van der Waals surface area contributed by atoms with Gasteiger partial charge in [-0.3, -0.25) is 0 Å². The van der Waals surface area contributed by atoms with E-state index < -0.39 is 5.97 Å². The first kappa shape index (κ1) is 13.4. The molecule has 0 fully saturated rings. The average Bonchev–Trinajstić information content (AvgIpc) is 2.27. The van der Waals surface area contributed by atoms with Gasteiger partial charge in [0.15, 0.2) is 0 Å². The van der Waals surface area contributed by atoms with Crippen molar-refractivity contribution in [1.82, 2.24) is 0 Å². The summed E-state index contributed by atoms with van der Waals surface area (Å²) in [6.45, 7) is 5.22. The van der Waals surface area contributed by atoms with Gasteiger partial charge in [0, 0.05) is 25.0 Å². The second-order valence-corrected chi connectivity index (χ2v) is 4.54. The number of nitrogen functional groups attached to an aromatic ring is 1. The van der Waals surface area contributed by atoms with Gasteiger partial charge in [0.2, 0.25) is 0 Å². The Hall–Kier alpha value is -1.71. The Kier molecular flexibility index (Phi) is 4.37. The zero-order valence-electron chi connectivity index (χ0n) is 10.9. The third-order valence-electron chi connectivity index (χ3n) is 2.52. The molecule has 0 aliphatic heterocycles. The Morgan fingerprint density at radius 1 is 1.47 bits per heavy atom. The van der Waals surface area contributed by atoms with Gasteiger partial charge in [0.25, 0.3) is 0 Å². The summed E-state index contributed by atoms with van der Waals surface area (Å²) in [7, 11) is 3.35. The van der Waals surface area contributed by atoms with Crippen LogP contribution < -0.4 is 10.6 Å². The second kappa shape index (κ2) is 5.57. The second-order valence-electron chi connectivity index (χ2n) is 4.54. The lowest BCUT2D eigenvalue weighted by molar-refractivity contribution is 0.0602. The highest BCUT2D eigenvalue weighted by atomic mass is 16.5. The van der Waals surface area contributed by atoms with Gasteiger partial charge in [0.05, 0.1) is 12.7 Å². The SMILES string of the molecule is COC(=O)c1cc(N(C)CC(C)C)ccc1N. The topological polar surface area (TPSA) is 55.6 Å². The minimum Gasteiger partial charge on any atom is -0.465 e. The Morgan fingerprint density at radius 2 is 2.12 bits per heavy atom. The van der Waals surface area contributed by atoms with E-state index in [-0.39, 0.29) is 0 Å².